The van der Waals surface area contributed by atoms with Gasteiger partial charge in [0.05, 0.1) is 43.6 Å². The Morgan fingerprint density at radius 1 is 1.21 bits per heavy atom. The summed E-state index contributed by atoms with van der Waals surface area (Å²) in [5.41, 5.74) is 9.56. The number of amides is 1. The summed E-state index contributed by atoms with van der Waals surface area (Å²) in [4.78, 5) is 37.9. The highest BCUT2D eigenvalue weighted by Crippen LogP contribution is 2.34. The number of nitrogens with zero attached hydrogens (tertiary/aromatic N) is 4. The Morgan fingerprint density at radius 3 is 2.67 bits per heavy atom. The minimum atomic E-state index is -0.306. The monoisotopic (exact) mass is 568 g/mol. The summed E-state index contributed by atoms with van der Waals surface area (Å²) >= 11 is 0. The zero-order valence-electron chi connectivity index (χ0n) is 24.7. The maximum Gasteiger partial charge on any atom is 0.256 e. The fourth-order valence-electron chi connectivity index (χ4n) is 5.37. The number of ether oxygens (including phenoxy) is 2. The molecule has 5 heterocycles. The molecule has 1 aliphatic rings. The molecule has 1 aliphatic heterocycles. The average Bonchev–Trinajstić information content (AvgIpc) is 3.41. The number of anilines is 1. The molecule has 1 amide bonds. The molecule has 0 aromatic carbocycles. The van der Waals surface area contributed by atoms with Crippen LogP contribution >= 0.6 is 0 Å². The number of hydrogen-bond acceptors (Lipinski definition) is 7. The Bertz CT molecular complexity index is 1760. The van der Waals surface area contributed by atoms with Gasteiger partial charge < -0.3 is 34.0 Å². The van der Waals surface area contributed by atoms with Crippen LogP contribution in [0.1, 0.15) is 32.9 Å². The summed E-state index contributed by atoms with van der Waals surface area (Å²) in [5, 5.41) is 2.95. The summed E-state index contributed by atoms with van der Waals surface area (Å²) in [6.45, 7) is 10.3. The Morgan fingerprint density at radius 2 is 1.98 bits per heavy atom. The number of hydrogen-bond donors (Lipinski definition) is 2. The van der Waals surface area contributed by atoms with Crippen molar-refractivity contribution in [1.29, 1.82) is 0 Å². The number of rotatable bonds is 8. The van der Waals surface area contributed by atoms with Gasteiger partial charge in [-0.2, -0.15) is 0 Å². The van der Waals surface area contributed by atoms with E-state index in [-0.39, 0.29) is 18.0 Å². The normalized spacial score (nSPS) is 13.1. The quantitative estimate of drug-likeness (QED) is 0.312. The van der Waals surface area contributed by atoms with Crippen molar-refractivity contribution in [3.05, 3.63) is 93.5 Å². The summed E-state index contributed by atoms with van der Waals surface area (Å²) in [6, 6.07) is 9.67. The van der Waals surface area contributed by atoms with E-state index in [0.717, 1.165) is 39.4 Å². The number of carbonyl (C=O) groups is 1. The first-order chi connectivity index (χ1) is 20.2. The van der Waals surface area contributed by atoms with Crippen LogP contribution in [0.4, 0.5) is 5.82 Å². The van der Waals surface area contributed by atoms with E-state index in [1.54, 1.807) is 19.2 Å². The van der Waals surface area contributed by atoms with Crippen LogP contribution in [0.15, 0.2) is 59.8 Å². The molecule has 0 radical (unpaired) electrons. The Labute approximate surface area is 244 Å². The molecule has 5 rings (SSSR count). The van der Waals surface area contributed by atoms with E-state index in [4.69, 9.17) is 9.47 Å². The first-order valence-corrected chi connectivity index (χ1v) is 13.8. The van der Waals surface area contributed by atoms with Gasteiger partial charge in [0.25, 0.3) is 11.5 Å². The first-order valence-electron chi connectivity index (χ1n) is 13.8. The Balaban J connectivity index is 1.64. The van der Waals surface area contributed by atoms with Crippen molar-refractivity contribution in [1.82, 2.24) is 24.6 Å². The van der Waals surface area contributed by atoms with E-state index in [0.29, 0.717) is 48.9 Å². The van der Waals surface area contributed by atoms with E-state index in [2.05, 4.69) is 36.9 Å². The van der Waals surface area contributed by atoms with Crippen molar-refractivity contribution < 1.29 is 14.3 Å². The van der Waals surface area contributed by atoms with Gasteiger partial charge in [0, 0.05) is 56.4 Å². The molecular formula is C32H36N6O4. The largest absolute Gasteiger partial charge is 0.496 e. The molecule has 0 aliphatic carbocycles. The van der Waals surface area contributed by atoms with Gasteiger partial charge in [-0.25, -0.2) is 4.98 Å². The molecule has 42 heavy (non-hydrogen) atoms. The van der Waals surface area contributed by atoms with Gasteiger partial charge in [-0.15, -0.1) is 5.73 Å². The highest BCUT2D eigenvalue weighted by atomic mass is 16.5. The molecular weight excluding hydrogens is 532 g/mol. The van der Waals surface area contributed by atoms with E-state index in [1.807, 2.05) is 56.4 Å². The number of fused-ring (bicyclic) bond motifs is 1. The number of methoxy groups -OCH3 is 1. The molecule has 0 bridgehead atoms. The van der Waals surface area contributed by atoms with Crippen molar-refractivity contribution in [2.45, 2.75) is 20.4 Å². The lowest BCUT2D eigenvalue weighted by atomic mass is 10.0. The van der Waals surface area contributed by atoms with E-state index in [1.165, 1.54) is 7.11 Å². The van der Waals surface area contributed by atoms with Gasteiger partial charge in [0.2, 0.25) is 0 Å². The van der Waals surface area contributed by atoms with Crippen molar-refractivity contribution in [2.24, 2.45) is 0 Å². The molecule has 0 saturated carbocycles. The highest BCUT2D eigenvalue weighted by Gasteiger charge is 2.25. The van der Waals surface area contributed by atoms with E-state index in [9.17, 15) is 9.59 Å². The Hall–Kier alpha value is -4.79. The molecule has 10 heteroatoms. The highest BCUT2D eigenvalue weighted by molar-refractivity contribution is 5.99. The van der Waals surface area contributed by atoms with Crippen molar-refractivity contribution in [2.75, 3.05) is 52.4 Å². The molecule has 0 spiro atoms. The smallest absolute Gasteiger partial charge is 0.256 e. The summed E-state index contributed by atoms with van der Waals surface area (Å²) in [6.07, 6.45) is 3.80. The zero-order chi connectivity index (χ0) is 30.0. The molecule has 0 unspecified atom stereocenters. The van der Waals surface area contributed by atoms with Crippen LogP contribution < -0.4 is 20.5 Å². The van der Waals surface area contributed by atoms with Crippen LogP contribution in [-0.4, -0.2) is 72.7 Å². The lowest BCUT2D eigenvalue weighted by Gasteiger charge is -2.31. The van der Waals surface area contributed by atoms with Gasteiger partial charge in [-0.1, -0.05) is 6.58 Å². The summed E-state index contributed by atoms with van der Waals surface area (Å²) in [7, 11) is 5.41. The van der Waals surface area contributed by atoms with E-state index >= 15 is 0 Å². The standard InChI is InChI=1S/C32H36N6O4/c1-7-26(37-12-14-42-15-13-37)30-21(3)24(31(39)34-19-25-28(41-6)16-20(2)35-32(25)40)18-27-23(9-11-38(27)30)22-8-10-33-29(17-22)36(4)5/h8-11,16-18H,1,12-15,19H2,2-6H3,(H,34,39)(H,35,40). The average molecular weight is 569 g/mol. The lowest BCUT2D eigenvalue weighted by molar-refractivity contribution is 0.0638. The lowest BCUT2D eigenvalue weighted by Crippen LogP contribution is -2.35. The molecule has 10 nitrogen and oxygen atoms in total. The second-order valence-corrected chi connectivity index (χ2v) is 10.4. The third-order valence-corrected chi connectivity index (χ3v) is 7.56. The van der Waals surface area contributed by atoms with Crippen LogP contribution in [-0.2, 0) is 11.3 Å². The minimum absolute atomic E-state index is 0.00953. The minimum Gasteiger partial charge on any atom is -0.496 e. The van der Waals surface area contributed by atoms with Gasteiger partial charge in [0.1, 0.15) is 17.3 Å². The van der Waals surface area contributed by atoms with Gasteiger partial charge in [0.15, 0.2) is 0 Å². The Kier molecular flexibility index (Phi) is 8.20. The molecule has 218 valence electrons. The topological polar surface area (TPSA) is 104 Å². The SMILES string of the molecule is C=C=C(c1c(C)c(C(=O)NCc2c(OC)cc(C)[nH]c2=O)cc2c(-c3ccnc(N(C)C)c3)ccn12)N1CCOCC1. The summed E-state index contributed by atoms with van der Waals surface area (Å²) in [5.74, 6) is 0.950. The fraction of sp³-hybridized carbons (Fsp3) is 0.312. The number of morpholine rings is 1. The molecule has 2 N–H and O–H groups in total. The predicted octanol–water partition coefficient (Wildman–Crippen LogP) is 3.77. The number of aromatic nitrogens is 3. The van der Waals surface area contributed by atoms with Crippen LogP contribution in [0, 0.1) is 13.8 Å². The van der Waals surface area contributed by atoms with Crippen LogP contribution in [0.2, 0.25) is 0 Å². The van der Waals surface area contributed by atoms with Crippen LogP contribution in [0.3, 0.4) is 0 Å². The first kappa shape index (κ1) is 28.7. The number of nitrogens with one attached hydrogen (secondary N) is 2. The van der Waals surface area contributed by atoms with Crippen molar-refractivity contribution >= 4 is 22.9 Å². The zero-order valence-corrected chi connectivity index (χ0v) is 24.7. The summed E-state index contributed by atoms with van der Waals surface area (Å²) < 4.78 is 13.1. The maximum atomic E-state index is 13.8. The second-order valence-electron chi connectivity index (χ2n) is 10.4. The third-order valence-electron chi connectivity index (χ3n) is 7.56. The molecule has 0 atom stereocenters. The molecule has 4 aromatic rings. The van der Waals surface area contributed by atoms with Gasteiger partial charge in [-0.05, 0) is 55.3 Å². The number of H-pyrrole nitrogens is 1. The van der Waals surface area contributed by atoms with Gasteiger partial charge >= 0.3 is 0 Å². The molecule has 1 saturated heterocycles. The molecule has 4 aromatic heterocycles. The van der Waals surface area contributed by atoms with Crippen LogP contribution in [0.25, 0.3) is 22.3 Å². The fourth-order valence-corrected chi connectivity index (χ4v) is 5.37. The number of aromatic amines is 1. The van der Waals surface area contributed by atoms with Crippen LogP contribution in [0.5, 0.6) is 5.75 Å². The number of aryl methyl sites for hydroxylation is 1. The van der Waals surface area contributed by atoms with Crippen molar-refractivity contribution in [3.8, 4) is 16.9 Å². The number of carbonyl (C=O) groups excluding carboxylic acids is 1. The van der Waals surface area contributed by atoms with Gasteiger partial charge in [-0.3, -0.25) is 9.59 Å². The third kappa shape index (κ3) is 5.42. The maximum absolute atomic E-state index is 13.8. The second kappa shape index (κ2) is 12.0. The van der Waals surface area contributed by atoms with E-state index < -0.39 is 0 Å². The molecule has 1 fully saturated rings. The van der Waals surface area contributed by atoms with Crippen molar-refractivity contribution in [3.63, 3.8) is 0 Å². The number of pyridine rings is 3. The predicted molar refractivity (Wildman–Crippen MR) is 164 cm³/mol.